The highest BCUT2D eigenvalue weighted by molar-refractivity contribution is 4.95. The third kappa shape index (κ3) is 0.431. The van der Waals surface area contributed by atoms with Crippen molar-refractivity contribution < 1.29 is 4.74 Å². The van der Waals surface area contributed by atoms with Crippen LogP contribution in [0, 0.1) is 0 Å². The van der Waals surface area contributed by atoms with E-state index in [1.807, 2.05) is 6.08 Å². The topological polar surface area (TPSA) is 12.2 Å². The van der Waals surface area contributed by atoms with Gasteiger partial charge in [0.2, 0.25) is 0 Å². The van der Waals surface area contributed by atoms with Crippen LogP contribution in [0.2, 0.25) is 0 Å². The standard InChI is InChI=1S/C5H7NO/c1-2-6-4-5(6)7-3-1/h1,3,5H,2,4H2. The molecule has 2 rings (SSSR count). The molecule has 2 atom stereocenters. The van der Waals surface area contributed by atoms with Crippen LogP contribution in [0.15, 0.2) is 12.3 Å². The fourth-order valence-corrected chi connectivity index (χ4v) is 0.799. The third-order valence-corrected chi connectivity index (χ3v) is 1.34. The van der Waals surface area contributed by atoms with E-state index in [9.17, 15) is 0 Å². The molecule has 0 saturated carbocycles. The van der Waals surface area contributed by atoms with Crippen molar-refractivity contribution in [3.63, 3.8) is 0 Å². The van der Waals surface area contributed by atoms with Crippen molar-refractivity contribution in [1.29, 1.82) is 0 Å². The van der Waals surface area contributed by atoms with Gasteiger partial charge in [0.05, 0.1) is 12.8 Å². The summed E-state index contributed by atoms with van der Waals surface area (Å²) < 4.78 is 5.10. The van der Waals surface area contributed by atoms with E-state index in [-0.39, 0.29) is 0 Å². The lowest BCUT2D eigenvalue weighted by atomic mass is 10.6. The van der Waals surface area contributed by atoms with Gasteiger partial charge in [-0.1, -0.05) is 0 Å². The second-order valence-corrected chi connectivity index (χ2v) is 1.92. The zero-order valence-electron chi connectivity index (χ0n) is 4.00. The van der Waals surface area contributed by atoms with Crippen LogP contribution >= 0.6 is 0 Å². The van der Waals surface area contributed by atoms with Crippen molar-refractivity contribution in [2.24, 2.45) is 0 Å². The van der Waals surface area contributed by atoms with E-state index in [0.29, 0.717) is 6.23 Å². The summed E-state index contributed by atoms with van der Waals surface area (Å²) in [5.41, 5.74) is 0. The Kier molecular flexibility index (Phi) is 0.504. The maximum absolute atomic E-state index is 5.10. The summed E-state index contributed by atoms with van der Waals surface area (Å²) in [6.45, 7) is 2.22. The smallest absolute Gasteiger partial charge is 0.165 e. The predicted octanol–water partition coefficient (Wildman–Crippen LogP) is 0.172. The first-order valence-corrected chi connectivity index (χ1v) is 2.51. The highest BCUT2D eigenvalue weighted by atomic mass is 16.5. The molecule has 1 saturated heterocycles. The van der Waals surface area contributed by atoms with E-state index in [1.165, 1.54) is 0 Å². The van der Waals surface area contributed by atoms with Crippen LogP contribution in [-0.2, 0) is 4.74 Å². The Balaban J connectivity index is 2.10. The summed E-state index contributed by atoms with van der Waals surface area (Å²) in [4.78, 5) is 2.25. The fraction of sp³-hybridized carbons (Fsp3) is 0.600. The first-order chi connectivity index (χ1) is 3.47. The van der Waals surface area contributed by atoms with E-state index in [2.05, 4.69) is 4.90 Å². The van der Waals surface area contributed by atoms with Crippen LogP contribution in [0.25, 0.3) is 0 Å². The number of rotatable bonds is 0. The molecule has 0 spiro atoms. The van der Waals surface area contributed by atoms with Crippen molar-refractivity contribution >= 4 is 0 Å². The lowest BCUT2D eigenvalue weighted by molar-refractivity contribution is 0.168. The van der Waals surface area contributed by atoms with Crippen LogP contribution in [0.5, 0.6) is 0 Å². The van der Waals surface area contributed by atoms with Gasteiger partial charge in [0.1, 0.15) is 0 Å². The van der Waals surface area contributed by atoms with Crippen LogP contribution < -0.4 is 0 Å². The lowest BCUT2D eigenvalue weighted by Gasteiger charge is -2.03. The number of fused-ring (bicyclic) bond motifs is 1. The van der Waals surface area contributed by atoms with E-state index < -0.39 is 0 Å². The largest absolute Gasteiger partial charge is 0.482 e. The van der Waals surface area contributed by atoms with Gasteiger partial charge in [0.15, 0.2) is 6.23 Å². The average Bonchev–Trinajstić information content (AvgIpc) is 2.41. The Morgan fingerprint density at radius 2 is 2.71 bits per heavy atom. The van der Waals surface area contributed by atoms with Crippen LogP contribution in [0.4, 0.5) is 0 Å². The molecule has 0 radical (unpaired) electrons. The maximum Gasteiger partial charge on any atom is 0.165 e. The molecular formula is C5H7NO. The number of hydrogen-bond acceptors (Lipinski definition) is 2. The van der Waals surface area contributed by atoms with E-state index in [0.717, 1.165) is 13.1 Å². The second kappa shape index (κ2) is 1.01. The average molecular weight is 97.1 g/mol. The lowest BCUT2D eigenvalue weighted by Crippen LogP contribution is -2.06. The van der Waals surface area contributed by atoms with Gasteiger partial charge < -0.3 is 4.74 Å². The molecule has 0 N–H and O–H groups in total. The molecule has 0 aromatic rings. The SMILES string of the molecule is C1=COC2CN2C1. The highest BCUT2D eigenvalue weighted by Crippen LogP contribution is 2.20. The third-order valence-electron chi connectivity index (χ3n) is 1.34. The molecule has 0 aromatic heterocycles. The normalized spacial score (nSPS) is 44.6. The van der Waals surface area contributed by atoms with Crippen LogP contribution in [-0.4, -0.2) is 24.2 Å². The quantitative estimate of drug-likeness (QED) is 0.399. The summed E-state index contributed by atoms with van der Waals surface area (Å²) in [6, 6.07) is 0. The van der Waals surface area contributed by atoms with Crippen molar-refractivity contribution in [1.82, 2.24) is 4.90 Å². The minimum absolute atomic E-state index is 0.449. The molecule has 7 heavy (non-hydrogen) atoms. The highest BCUT2D eigenvalue weighted by Gasteiger charge is 2.35. The molecule has 2 unspecified atom stereocenters. The zero-order valence-corrected chi connectivity index (χ0v) is 4.00. The minimum atomic E-state index is 0.449. The monoisotopic (exact) mass is 97.1 g/mol. The molecule has 0 aromatic carbocycles. The molecule has 38 valence electrons. The fourth-order valence-electron chi connectivity index (χ4n) is 0.799. The molecule has 0 bridgehead atoms. The molecule has 2 heterocycles. The Bertz CT molecular complexity index is 98.6. The number of ether oxygens (including phenoxy) is 1. The van der Waals surface area contributed by atoms with Crippen molar-refractivity contribution in [3.8, 4) is 0 Å². The van der Waals surface area contributed by atoms with Gasteiger partial charge >= 0.3 is 0 Å². The van der Waals surface area contributed by atoms with Gasteiger partial charge in [-0.2, -0.15) is 0 Å². The van der Waals surface area contributed by atoms with Gasteiger partial charge in [0.25, 0.3) is 0 Å². The summed E-state index contributed by atoms with van der Waals surface area (Å²) in [5, 5.41) is 0. The van der Waals surface area contributed by atoms with Crippen LogP contribution in [0.3, 0.4) is 0 Å². The molecule has 2 heteroatoms. The molecule has 0 aliphatic carbocycles. The van der Waals surface area contributed by atoms with Gasteiger partial charge in [0, 0.05) is 6.54 Å². The Morgan fingerprint density at radius 1 is 1.71 bits per heavy atom. The summed E-state index contributed by atoms with van der Waals surface area (Å²) in [5.74, 6) is 0. The molecule has 2 nitrogen and oxygen atoms in total. The predicted molar refractivity (Wildman–Crippen MR) is 25.6 cm³/mol. The van der Waals surface area contributed by atoms with Gasteiger partial charge in [-0.05, 0) is 6.08 Å². The molecule has 1 fully saturated rings. The van der Waals surface area contributed by atoms with Crippen molar-refractivity contribution in [3.05, 3.63) is 12.3 Å². The van der Waals surface area contributed by atoms with Gasteiger partial charge in [-0.3, -0.25) is 4.90 Å². The molecule has 2 aliphatic rings. The van der Waals surface area contributed by atoms with Crippen molar-refractivity contribution in [2.45, 2.75) is 6.23 Å². The number of nitrogens with zero attached hydrogens (tertiary/aromatic N) is 1. The first kappa shape index (κ1) is 3.50. The molecule has 0 amide bonds. The van der Waals surface area contributed by atoms with E-state index in [4.69, 9.17) is 4.74 Å². The van der Waals surface area contributed by atoms with Gasteiger partial charge in [-0.25, -0.2) is 0 Å². The van der Waals surface area contributed by atoms with Gasteiger partial charge in [-0.15, -0.1) is 0 Å². The van der Waals surface area contributed by atoms with Crippen molar-refractivity contribution in [2.75, 3.05) is 13.1 Å². The Morgan fingerprint density at radius 3 is 3.29 bits per heavy atom. The Labute approximate surface area is 42.4 Å². The second-order valence-electron chi connectivity index (χ2n) is 1.92. The molecular weight excluding hydrogens is 90.1 g/mol. The van der Waals surface area contributed by atoms with Crippen LogP contribution in [0.1, 0.15) is 0 Å². The summed E-state index contributed by atoms with van der Waals surface area (Å²) in [7, 11) is 0. The Hall–Kier alpha value is -0.500. The first-order valence-electron chi connectivity index (χ1n) is 2.51. The van der Waals surface area contributed by atoms with E-state index >= 15 is 0 Å². The van der Waals surface area contributed by atoms with E-state index in [1.54, 1.807) is 6.26 Å². The summed E-state index contributed by atoms with van der Waals surface area (Å²) in [6.07, 6.45) is 4.27. The number of hydrogen-bond donors (Lipinski definition) is 0. The maximum atomic E-state index is 5.10. The molecule has 2 aliphatic heterocycles. The zero-order chi connectivity index (χ0) is 4.69. The summed E-state index contributed by atoms with van der Waals surface area (Å²) >= 11 is 0. The minimum Gasteiger partial charge on any atom is -0.482 e.